The Balaban J connectivity index is 2.18. The molecule has 0 radical (unpaired) electrons. The van der Waals surface area contributed by atoms with Crippen LogP contribution >= 0.6 is 0 Å². The Morgan fingerprint density at radius 1 is 0.950 bits per heavy atom. The van der Waals surface area contributed by atoms with E-state index in [0.29, 0.717) is 11.3 Å². The Kier molecular flexibility index (Phi) is 2.74. The van der Waals surface area contributed by atoms with Gasteiger partial charge in [0.25, 0.3) is 0 Å². The fourth-order valence-corrected chi connectivity index (χ4v) is 2.00. The van der Waals surface area contributed by atoms with E-state index in [0.717, 1.165) is 10.5 Å². The van der Waals surface area contributed by atoms with Crippen LogP contribution in [0.5, 0.6) is 0 Å². The van der Waals surface area contributed by atoms with Gasteiger partial charge in [0, 0.05) is 11.8 Å². The summed E-state index contributed by atoms with van der Waals surface area (Å²) in [5, 5.41) is 0. The van der Waals surface area contributed by atoms with E-state index in [1.165, 1.54) is 42.6 Å². The van der Waals surface area contributed by atoms with Crippen molar-refractivity contribution in [2.45, 2.75) is 6.18 Å². The molecule has 6 heteroatoms. The van der Waals surface area contributed by atoms with Crippen LogP contribution in [0.25, 0.3) is 16.9 Å². The largest absolute Gasteiger partial charge is 0.431 e. The lowest BCUT2D eigenvalue weighted by Crippen LogP contribution is -2.10. The van der Waals surface area contributed by atoms with Crippen LogP contribution in [0.15, 0.2) is 48.7 Å². The van der Waals surface area contributed by atoms with Gasteiger partial charge in [0.2, 0.25) is 0 Å². The Labute approximate surface area is 111 Å². The second-order valence-electron chi connectivity index (χ2n) is 4.27. The van der Waals surface area contributed by atoms with Gasteiger partial charge in [0.1, 0.15) is 17.2 Å². The van der Waals surface area contributed by atoms with Crippen molar-refractivity contribution < 1.29 is 17.6 Å². The van der Waals surface area contributed by atoms with Crippen molar-refractivity contribution in [1.82, 2.24) is 9.38 Å². The molecule has 0 aliphatic rings. The van der Waals surface area contributed by atoms with Crippen LogP contribution in [-0.2, 0) is 6.18 Å². The summed E-state index contributed by atoms with van der Waals surface area (Å²) in [6.07, 6.45) is -3.16. The normalized spacial score (nSPS) is 12.0. The van der Waals surface area contributed by atoms with Gasteiger partial charge in [0.15, 0.2) is 0 Å². The molecule has 0 saturated heterocycles. The van der Waals surface area contributed by atoms with Crippen LogP contribution < -0.4 is 0 Å². The zero-order chi connectivity index (χ0) is 14.3. The highest BCUT2D eigenvalue weighted by Crippen LogP contribution is 2.31. The fourth-order valence-electron chi connectivity index (χ4n) is 2.00. The summed E-state index contributed by atoms with van der Waals surface area (Å²) < 4.78 is 52.5. The molecule has 0 amide bonds. The van der Waals surface area contributed by atoms with E-state index >= 15 is 0 Å². The molecule has 0 saturated carbocycles. The van der Waals surface area contributed by atoms with Gasteiger partial charge < -0.3 is 0 Å². The Hall–Kier alpha value is -2.37. The molecule has 20 heavy (non-hydrogen) atoms. The number of alkyl halides is 3. The summed E-state index contributed by atoms with van der Waals surface area (Å²) in [6.45, 7) is 0. The second-order valence-corrected chi connectivity index (χ2v) is 4.27. The maximum absolute atomic E-state index is 12.9. The average molecular weight is 280 g/mol. The minimum atomic E-state index is -4.46. The summed E-state index contributed by atoms with van der Waals surface area (Å²) in [7, 11) is 0. The standard InChI is InChI=1S/C14H8F4N2/c15-10-6-4-9(5-7-10)11-8-20-12(14(16,17)18)2-1-3-13(20)19-11/h1-8H. The summed E-state index contributed by atoms with van der Waals surface area (Å²) in [4.78, 5) is 4.13. The Morgan fingerprint density at radius 2 is 1.65 bits per heavy atom. The summed E-state index contributed by atoms with van der Waals surface area (Å²) in [5.41, 5.74) is 0.319. The minimum absolute atomic E-state index is 0.194. The number of benzene rings is 1. The number of fused-ring (bicyclic) bond motifs is 1. The number of hydrogen-bond donors (Lipinski definition) is 0. The molecule has 0 unspecified atom stereocenters. The van der Waals surface area contributed by atoms with E-state index in [9.17, 15) is 17.6 Å². The van der Waals surface area contributed by atoms with Gasteiger partial charge in [-0.1, -0.05) is 6.07 Å². The molecule has 0 bridgehead atoms. The van der Waals surface area contributed by atoms with E-state index < -0.39 is 17.7 Å². The van der Waals surface area contributed by atoms with Crippen LogP contribution in [0.3, 0.4) is 0 Å². The van der Waals surface area contributed by atoms with Crippen molar-refractivity contribution in [3.8, 4) is 11.3 Å². The molecule has 1 aromatic carbocycles. The molecule has 102 valence electrons. The van der Waals surface area contributed by atoms with Gasteiger partial charge in [-0.3, -0.25) is 4.40 Å². The van der Waals surface area contributed by atoms with Crippen molar-refractivity contribution in [3.63, 3.8) is 0 Å². The molecule has 0 atom stereocenters. The first-order chi connectivity index (χ1) is 9.45. The maximum Gasteiger partial charge on any atom is 0.431 e. The van der Waals surface area contributed by atoms with Crippen molar-refractivity contribution in [2.24, 2.45) is 0 Å². The fraction of sp³-hybridized carbons (Fsp3) is 0.0714. The van der Waals surface area contributed by atoms with Crippen LogP contribution in [0.4, 0.5) is 17.6 Å². The first-order valence-electron chi connectivity index (χ1n) is 5.76. The van der Waals surface area contributed by atoms with Gasteiger partial charge in [-0.2, -0.15) is 13.2 Å². The van der Waals surface area contributed by atoms with E-state index in [1.54, 1.807) is 0 Å². The quantitative estimate of drug-likeness (QED) is 0.612. The smallest absolute Gasteiger partial charge is 0.295 e. The van der Waals surface area contributed by atoms with E-state index in [4.69, 9.17) is 0 Å². The molecule has 2 nitrogen and oxygen atoms in total. The Bertz CT molecular complexity index is 757. The number of nitrogens with zero attached hydrogens (tertiary/aromatic N) is 2. The first-order valence-corrected chi connectivity index (χ1v) is 5.76. The van der Waals surface area contributed by atoms with Crippen molar-refractivity contribution in [1.29, 1.82) is 0 Å². The molecule has 0 aliphatic heterocycles. The van der Waals surface area contributed by atoms with Crippen LogP contribution in [0.1, 0.15) is 5.69 Å². The molecular formula is C14H8F4N2. The number of aromatic nitrogens is 2. The molecule has 3 aromatic rings. The first kappa shape index (κ1) is 12.7. The Morgan fingerprint density at radius 3 is 2.30 bits per heavy atom. The monoisotopic (exact) mass is 280 g/mol. The topological polar surface area (TPSA) is 17.3 Å². The summed E-state index contributed by atoms with van der Waals surface area (Å²) in [6, 6.07) is 9.22. The molecule has 0 aliphatic carbocycles. The van der Waals surface area contributed by atoms with Crippen LogP contribution in [0.2, 0.25) is 0 Å². The zero-order valence-corrected chi connectivity index (χ0v) is 10.0. The maximum atomic E-state index is 12.9. The lowest BCUT2D eigenvalue weighted by Gasteiger charge is -2.08. The van der Waals surface area contributed by atoms with Crippen molar-refractivity contribution in [3.05, 3.63) is 60.2 Å². The van der Waals surface area contributed by atoms with E-state index in [1.807, 2.05) is 0 Å². The van der Waals surface area contributed by atoms with Gasteiger partial charge in [-0.25, -0.2) is 9.37 Å². The number of pyridine rings is 1. The molecular weight excluding hydrogens is 272 g/mol. The molecule has 2 aromatic heterocycles. The van der Waals surface area contributed by atoms with Gasteiger partial charge in [-0.15, -0.1) is 0 Å². The number of imidazole rings is 1. The molecule has 0 N–H and O–H groups in total. The van der Waals surface area contributed by atoms with E-state index in [2.05, 4.69) is 4.98 Å². The summed E-state index contributed by atoms with van der Waals surface area (Å²) in [5.74, 6) is -0.409. The van der Waals surface area contributed by atoms with E-state index in [-0.39, 0.29) is 5.65 Å². The summed E-state index contributed by atoms with van der Waals surface area (Å²) >= 11 is 0. The molecule has 0 spiro atoms. The predicted molar refractivity (Wildman–Crippen MR) is 65.6 cm³/mol. The number of halogens is 4. The third-order valence-electron chi connectivity index (χ3n) is 2.92. The van der Waals surface area contributed by atoms with Gasteiger partial charge >= 0.3 is 6.18 Å². The highest BCUT2D eigenvalue weighted by molar-refractivity contribution is 5.62. The lowest BCUT2D eigenvalue weighted by molar-refractivity contribution is -0.142. The number of rotatable bonds is 1. The molecule has 2 heterocycles. The third-order valence-corrected chi connectivity index (χ3v) is 2.92. The highest BCUT2D eigenvalue weighted by atomic mass is 19.4. The van der Waals surface area contributed by atoms with Crippen LogP contribution in [-0.4, -0.2) is 9.38 Å². The second kappa shape index (κ2) is 4.33. The van der Waals surface area contributed by atoms with Crippen molar-refractivity contribution in [2.75, 3.05) is 0 Å². The lowest BCUT2D eigenvalue weighted by atomic mass is 10.2. The number of hydrogen-bond acceptors (Lipinski definition) is 1. The zero-order valence-electron chi connectivity index (χ0n) is 10.0. The molecule has 0 fully saturated rings. The van der Waals surface area contributed by atoms with Gasteiger partial charge in [-0.05, 0) is 36.4 Å². The third kappa shape index (κ3) is 2.13. The van der Waals surface area contributed by atoms with Crippen LogP contribution in [0, 0.1) is 5.82 Å². The predicted octanol–water partition coefficient (Wildman–Crippen LogP) is 4.16. The van der Waals surface area contributed by atoms with Crippen molar-refractivity contribution >= 4 is 5.65 Å². The molecule has 3 rings (SSSR count). The minimum Gasteiger partial charge on any atom is -0.295 e. The van der Waals surface area contributed by atoms with Gasteiger partial charge in [0.05, 0.1) is 5.69 Å². The average Bonchev–Trinajstić information content (AvgIpc) is 2.81. The SMILES string of the molecule is Fc1ccc(-c2cn3c(C(F)(F)F)cccc3n2)cc1. The highest BCUT2D eigenvalue weighted by Gasteiger charge is 2.33.